The maximum atomic E-state index is 13.3. The molecule has 0 spiro atoms. The van der Waals surface area contributed by atoms with Crippen LogP contribution in [-0.2, 0) is 4.79 Å². The van der Waals surface area contributed by atoms with E-state index in [1.807, 2.05) is 4.57 Å². The molecule has 4 fully saturated rings. The predicted molar refractivity (Wildman–Crippen MR) is 145 cm³/mol. The normalized spacial score (nSPS) is 29.0. The molecule has 8 nitrogen and oxygen atoms in total. The zero-order valence-electron chi connectivity index (χ0n) is 21.5. The maximum absolute atomic E-state index is 13.3. The van der Waals surface area contributed by atoms with Gasteiger partial charge < -0.3 is 23.7 Å². The fourth-order valence-corrected chi connectivity index (χ4v) is 8.86. The van der Waals surface area contributed by atoms with Gasteiger partial charge >= 0.3 is 5.97 Å². The lowest BCUT2D eigenvalue weighted by Gasteiger charge is -2.54. The summed E-state index contributed by atoms with van der Waals surface area (Å²) in [7, 11) is 2.87. The van der Waals surface area contributed by atoms with Crippen LogP contribution in [0.1, 0.15) is 53.4 Å². The summed E-state index contributed by atoms with van der Waals surface area (Å²) in [6, 6.07) is 6.56. The van der Waals surface area contributed by atoms with E-state index in [4.69, 9.17) is 30.8 Å². The van der Waals surface area contributed by atoms with Crippen molar-refractivity contribution in [1.82, 2.24) is 4.57 Å². The molecule has 5 aliphatic rings. The van der Waals surface area contributed by atoms with Crippen molar-refractivity contribution >= 4 is 47.0 Å². The molecule has 1 aromatic carbocycles. The van der Waals surface area contributed by atoms with E-state index >= 15 is 0 Å². The van der Waals surface area contributed by atoms with Crippen LogP contribution in [0.25, 0.3) is 11.6 Å². The first-order valence-corrected chi connectivity index (χ1v) is 14.4. The molecular formula is C29H27NO7S2. The number of ketones is 1. The zero-order valence-corrected chi connectivity index (χ0v) is 23.1. The highest BCUT2D eigenvalue weighted by molar-refractivity contribution is 7.73. The number of aromatic hydroxyl groups is 1. The monoisotopic (exact) mass is 565 g/mol. The Hall–Kier alpha value is -3.37. The third kappa shape index (κ3) is 3.79. The molecule has 2 aromatic heterocycles. The molecule has 4 saturated carbocycles. The maximum Gasteiger partial charge on any atom is 0.351 e. The van der Waals surface area contributed by atoms with Crippen LogP contribution in [0, 0.1) is 27.6 Å². The van der Waals surface area contributed by atoms with Gasteiger partial charge in [0.25, 0.3) is 0 Å². The third-order valence-corrected chi connectivity index (χ3v) is 10.2. The fraction of sp³-hybridized carbons (Fsp3) is 0.414. The summed E-state index contributed by atoms with van der Waals surface area (Å²) >= 11 is 7.08. The molecule has 39 heavy (non-hydrogen) atoms. The van der Waals surface area contributed by atoms with Crippen molar-refractivity contribution in [3.05, 3.63) is 49.5 Å². The van der Waals surface area contributed by atoms with Gasteiger partial charge in [-0.15, -0.1) is 11.3 Å². The Bertz CT molecular complexity index is 1680. The summed E-state index contributed by atoms with van der Waals surface area (Å²) < 4.78 is 24.6. The summed E-state index contributed by atoms with van der Waals surface area (Å²) in [5.41, 5.74) is 0.435. The Balaban J connectivity index is 1.26. The summed E-state index contributed by atoms with van der Waals surface area (Å²) in [4.78, 5) is 26.8. The lowest BCUT2D eigenvalue weighted by atomic mass is 9.54. The highest BCUT2D eigenvalue weighted by atomic mass is 32.1. The second-order valence-corrected chi connectivity index (χ2v) is 12.6. The van der Waals surface area contributed by atoms with Crippen molar-refractivity contribution < 1.29 is 33.3 Å². The Labute approximate surface area is 233 Å². The number of carbonyl (C=O) groups is 2. The van der Waals surface area contributed by atoms with E-state index in [-0.39, 0.29) is 40.0 Å². The number of esters is 1. The van der Waals surface area contributed by atoms with Gasteiger partial charge in [-0.1, -0.05) is 0 Å². The molecule has 1 aliphatic heterocycles. The fourth-order valence-electron chi connectivity index (χ4n) is 7.53. The summed E-state index contributed by atoms with van der Waals surface area (Å²) in [5, 5.41) is 11.3. The van der Waals surface area contributed by atoms with E-state index in [1.165, 1.54) is 63.7 Å². The highest BCUT2D eigenvalue weighted by Crippen LogP contribution is 2.59. The van der Waals surface area contributed by atoms with Crippen LogP contribution in [0.4, 0.5) is 0 Å². The summed E-state index contributed by atoms with van der Waals surface area (Å²) in [6.07, 6.45) is 7.95. The average molecular weight is 566 g/mol. The molecule has 202 valence electrons. The van der Waals surface area contributed by atoms with Gasteiger partial charge in [-0.3, -0.25) is 9.36 Å². The number of methoxy groups -OCH3 is 2. The van der Waals surface area contributed by atoms with E-state index < -0.39 is 11.8 Å². The minimum Gasteiger partial charge on any atom is -0.493 e. The molecule has 0 amide bonds. The summed E-state index contributed by atoms with van der Waals surface area (Å²) in [6.45, 7) is 0. The molecule has 8 rings (SSSR count). The Morgan fingerprint density at radius 1 is 1.03 bits per heavy atom. The standard InChI is InChI=1S/C29H27NO7S2/c1-34-20-6-4-18-24(31)22(28(33)37-25(18)26(20)35-2)19-5-3-17(36-19)12-21-27(32)30(29(38)39-21)23-15-8-13-7-14(10-15)11-16(23)9-13/h3-6,12-16,23,32H,7-11H2,1-2H3. The van der Waals surface area contributed by atoms with Crippen molar-refractivity contribution in [3.8, 4) is 23.1 Å². The van der Waals surface area contributed by atoms with Crippen molar-refractivity contribution in [3.63, 3.8) is 0 Å². The van der Waals surface area contributed by atoms with Crippen molar-refractivity contribution in [2.24, 2.45) is 23.7 Å². The molecule has 0 radical (unpaired) electrons. The number of rotatable bonds is 4. The number of aromatic nitrogens is 1. The van der Waals surface area contributed by atoms with E-state index in [0.717, 1.165) is 11.8 Å². The van der Waals surface area contributed by atoms with Crippen molar-refractivity contribution in [2.75, 3.05) is 14.2 Å². The number of benzene rings is 1. The van der Waals surface area contributed by atoms with Crippen LogP contribution in [-0.4, -0.2) is 35.6 Å². The van der Waals surface area contributed by atoms with Crippen LogP contribution in [0.15, 0.2) is 28.7 Å². The minimum atomic E-state index is -0.841. The van der Waals surface area contributed by atoms with Crippen LogP contribution in [0.3, 0.4) is 0 Å². The number of carbonyl (C=O) groups excluding carboxylic acids is 2. The second kappa shape index (κ2) is 9.09. The van der Waals surface area contributed by atoms with E-state index in [1.54, 1.807) is 24.3 Å². The highest BCUT2D eigenvalue weighted by Gasteiger charge is 2.49. The van der Waals surface area contributed by atoms with Gasteiger partial charge in [0.2, 0.25) is 17.4 Å². The van der Waals surface area contributed by atoms with E-state index in [9.17, 15) is 14.7 Å². The number of hydrogen-bond acceptors (Lipinski definition) is 9. The smallest absolute Gasteiger partial charge is 0.351 e. The Kier molecular flexibility index (Phi) is 5.75. The van der Waals surface area contributed by atoms with Crippen LogP contribution < -0.4 is 25.0 Å². The molecule has 0 saturated heterocycles. The molecule has 0 atom stereocenters. The van der Waals surface area contributed by atoms with E-state index in [0.29, 0.717) is 31.8 Å². The van der Waals surface area contributed by atoms with Gasteiger partial charge in [0.15, 0.2) is 21.0 Å². The largest absolute Gasteiger partial charge is 0.493 e. The van der Waals surface area contributed by atoms with Crippen LogP contribution in [0.2, 0.25) is 0 Å². The number of thiazole rings is 1. The van der Waals surface area contributed by atoms with Crippen LogP contribution in [0.5, 0.6) is 23.1 Å². The number of nitrogens with zero attached hydrogens (tertiary/aromatic N) is 1. The first-order valence-electron chi connectivity index (χ1n) is 13.1. The summed E-state index contributed by atoms with van der Waals surface area (Å²) in [5.74, 6) is 2.11. The first kappa shape index (κ1) is 24.7. The number of fused-ring (bicyclic) bond motifs is 1. The molecule has 3 heterocycles. The third-order valence-electron chi connectivity index (χ3n) is 8.83. The first-order chi connectivity index (χ1) is 18.9. The number of ether oxygens (including phenoxy) is 3. The minimum absolute atomic E-state index is 0.0183. The van der Waals surface area contributed by atoms with Gasteiger partial charge in [-0.2, -0.15) is 0 Å². The molecule has 0 unspecified atom stereocenters. The van der Waals surface area contributed by atoms with Crippen molar-refractivity contribution in [1.29, 1.82) is 0 Å². The Morgan fingerprint density at radius 2 is 1.74 bits per heavy atom. The van der Waals surface area contributed by atoms with Gasteiger partial charge in [-0.05, 0) is 92.3 Å². The molecule has 1 N–H and O–H groups in total. The van der Waals surface area contributed by atoms with E-state index in [2.05, 4.69) is 0 Å². The van der Waals surface area contributed by atoms with Crippen LogP contribution >= 0.6 is 23.6 Å². The number of Topliss-reactive ketones (excluding diaryl/α,β-unsaturated/α-hetero) is 1. The molecule has 10 heteroatoms. The molecular weight excluding hydrogens is 538 g/mol. The number of hydrogen-bond donors (Lipinski definition) is 1. The molecule has 3 aromatic rings. The van der Waals surface area contributed by atoms with Gasteiger partial charge in [0, 0.05) is 12.1 Å². The lowest BCUT2D eigenvalue weighted by molar-refractivity contribution is -0.128. The van der Waals surface area contributed by atoms with Gasteiger partial charge in [0.05, 0.1) is 24.7 Å². The molecule has 4 aliphatic carbocycles. The average Bonchev–Trinajstić information content (AvgIpc) is 3.47. The second-order valence-electron chi connectivity index (χ2n) is 11.0. The van der Waals surface area contributed by atoms with Gasteiger partial charge in [-0.25, -0.2) is 4.79 Å². The Morgan fingerprint density at radius 3 is 2.41 bits per heavy atom. The number of furan rings is 1. The predicted octanol–water partition coefficient (Wildman–Crippen LogP) is 4.37. The lowest BCUT2D eigenvalue weighted by Crippen LogP contribution is -2.45. The quantitative estimate of drug-likeness (QED) is 0.283. The van der Waals surface area contributed by atoms with Crippen molar-refractivity contribution in [2.45, 2.75) is 38.1 Å². The topological polar surface area (TPSA) is 100 Å². The zero-order chi connectivity index (χ0) is 27.0. The molecule has 4 bridgehead atoms. The van der Waals surface area contributed by atoms with Gasteiger partial charge in [0.1, 0.15) is 10.8 Å². The SMILES string of the molecule is COc1ccc2c(c1OC)OC(=O)C(=c1ccc(=Cc3sc(=S)n(C4C5CC6CC(C5)CC4C6)c3O)o1)C2=O.